The summed E-state index contributed by atoms with van der Waals surface area (Å²) in [6, 6.07) is 9.52. The van der Waals surface area contributed by atoms with Gasteiger partial charge < -0.3 is 20.7 Å². The maximum atomic E-state index is 14.2. The van der Waals surface area contributed by atoms with Gasteiger partial charge in [-0.05, 0) is 48.0 Å². The van der Waals surface area contributed by atoms with E-state index in [0.717, 1.165) is 29.6 Å². The number of halogens is 4. The molecule has 0 radical (unpaired) electrons. The second-order valence-electron chi connectivity index (χ2n) is 6.95. The molecule has 0 saturated heterocycles. The molecule has 0 spiro atoms. The fraction of sp³-hybridized carbons (Fsp3) is 0.0870. The van der Waals surface area contributed by atoms with E-state index < -0.39 is 23.8 Å². The second-order valence-corrected chi connectivity index (χ2v) is 6.95. The smallest absolute Gasteiger partial charge is 0.387 e. The van der Waals surface area contributed by atoms with Crippen molar-refractivity contribution in [2.45, 2.75) is 12.8 Å². The maximum absolute atomic E-state index is 14.2. The van der Waals surface area contributed by atoms with Gasteiger partial charge >= 0.3 is 6.61 Å². The molecule has 0 saturated carbocycles. The Hall–Kier alpha value is -4.01. The van der Waals surface area contributed by atoms with Crippen molar-refractivity contribution in [3.63, 3.8) is 0 Å². The maximum Gasteiger partial charge on any atom is 0.387 e. The zero-order valence-electron chi connectivity index (χ0n) is 16.5. The van der Waals surface area contributed by atoms with Gasteiger partial charge in [0.05, 0.1) is 17.0 Å². The number of nitrogens with one attached hydrogen (secondary N) is 2. The molecule has 2 aromatic carbocycles. The van der Waals surface area contributed by atoms with E-state index in [9.17, 15) is 17.6 Å². The first-order chi connectivity index (χ1) is 15.4. The van der Waals surface area contributed by atoms with Crippen molar-refractivity contribution in [3.05, 3.63) is 107 Å². The van der Waals surface area contributed by atoms with Gasteiger partial charge in [0.2, 0.25) is 0 Å². The molecular weight excluding hydrogens is 424 g/mol. The minimum Gasteiger partial charge on any atom is -0.435 e. The van der Waals surface area contributed by atoms with Crippen LogP contribution in [0.5, 0.6) is 5.75 Å². The van der Waals surface area contributed by atoms with Gasteiger partial charge in [-0.15, -0.1) is 0 Å². The summed E-state index contributed by atoms with van der Waals surface area (Å²) < 4.78 is 57.6. The van der Waals surface area contributed by atoms with Crippen LogP contribution >= 0.6 is 0 Å². The van der Waals surface area contributed by atoms with Crippen molar-refractivity contribution in [3.8, 4) is 5.75 Å². The number of ether oxygens (including phenoxy) is 1. The molecule has 0 aromatic heterocycles. The molecule has 164 valence electrons. The summed E-state index contributed by atoms with van der Waals surface area (Å²) >= 11 is 0. The van der Waals surface area contributed by atoms with Crippen LogP contribution in [-0.2, 0) is 0 Å². The summed E-state index contributed by atoms with van der Waals surface area (Å²) in [4.78, 5) is 1.84. The van der Waals surface area contributed by atoms with E-state index in [-0.39, 0.29) is 23.2 Å². The zero-order chi connectivity index (χ0) is 22.8. The van der Waals surface area contributed by atoms with Crippen LogP contribution < -0.4 is 15.8 Å². The fourth-order valence-corrected chi connectivity index (χ4v) is 3.55. The molecule has 4 N–H and O–H groups in total. The first kappa shape index (κ1) is 21.2. The Labute approximate surface area is 181 Å². The van der Waals surface area contributed by atoms with Crippen molar-refractivity contribution in [2.24, 2.45) is 5.73 Å². The average Bonchev–Trinajstić information content (AvgIpc) is 3.18. The molecule has 0 amide bonds. The van der Waals surface area contributed by atoms with Gasteiger partial charge in [-0.25, -0.2) is 8.78 Å². The average molecular weight is 442 g/mol. The fourth-order valence-electron chi connectivity index (χ4n) is 3.55. The van der Waals surface area contributed by atoms with Gasteiger partial charge in [-0.2, -0.15) is 8.78 Å². The van der Waals surface area contributed by atoms with E-state index in [2.05, 4.69) is 10.1 Å². The van der Waals surface area contributed by atoms with Crippen molar-refractivity contribution in [1.29, 1.82) is 5.41 Å². The van der Waals surface area contributed by atoms with E-state index in [0.29, 0.717) is 5.57 Å². The molecule has 2 aliphatic rings. The highest BCUT2D eigenvalue weighted by molar-refractivity contribution is 6.14. The van der Waals surface area contributed by atoms with Crippen LogP contribution in [0.1, 0.15) is 11.1 Å². The molecule has 0 fully saturated rings. The highest BCUT2D eigenvalue weighted by Gasteiger charge is 2.28. The van der Waals surface area contributed by atoms with Crippen molar-refractivity contribution in [1.82, 2.24) is 10.2 Å². The lowest BCUT2D eigenvalue weighted by molar-refractivity contribution is -0.0498. The summed E-state index contributed by atoms with van der Waals surface area (Å²) in [5.41, 5.74) is 6.95. The van der Waals surface area contributed by atoms with Crippen LogP contribution in [0.2, 0.25) is 0 Å². The van der Waals surface area contributed by atoms with Crippen LogP contribution in [-0.4, -0.2) is 23.4 Å². The van der Waals surface area contributed by atoms with E-state index in [1.807, 2.05) is 11.0 Å². The van der Waals surface area contributed by atoms with Gasteiger partial charge in [0.25, 0.3) is 0 Å². The van der Waals surface area contributed by atoms with Gasteiger partial charge in [0.1, 0.15) is 23.5 Å². The molecule has 0 bridgehead atoms. The van der Waals surface area contributed by atoms with E-state index in [1.165, 1.54) is 18.2 Å². The minimum absolute atomic E-state index is 0.0374. The molecule has 4 rings (SSSR count). The van der Waals surface area contributed by atoms with Gasteiger partial charge in [-0.3, -0.25) is 5.41 Å². The highest BCUT2D eigenvalue weighted by Crippen LogP contribution is 2.33. The number of nitrogens with two attached hydrogens (primary N) is 1. The third kappa shape index (κ3) is 3.96. The number of fused-ring (bicyclic) bond motifs is 1. The Morgan fingerprint density at radius 3 is 2.44 bits per heavy atom. The van der Waals surface area contributed by atoms with E-state index in [1.54, 1.807) is 30.6 Å². The summed E-state index contributed by atoms with van der Waals surface area (Å²) in [6.45, 7) is -2.91. The van der Waals surface area contributed by atoms with Gasteiger partial charge in [0.15, 0.2) is 0 Å². The standard InChI is InChI=1S/C23H18F4N4O/c24-17-2-1-3-18(25)21(17)22(29)16(10-28)14-6-9-20-30-11-19(31(20)12-14)13-4-7-15(8-5-13)32-23(26)27/h1-12,20,23,29-30H,28H2/b16-10-,29-22?. The predicted molar refractivity (Wildman–Crippen MR) is 112 cm³/mol. The monoisotopic (exact) mass is 442 g/mol. The van der Waals surface area contributed by atoms with Crippen molar-refractivity contribution >= 4 is 11.4 Å². The normalized spacial score (nSPS) is 17.6. The third-order valence-corrected chi connectivity index (χ3v) is 5.04. The molecule has 0 aliphatic carbocycles. The first-order valence-electron chi connectivity index (χ1n) is 9.54. The quantitative estimate of drug-likeness (QED) is 0.456. The molecule has 32 heavy (non-hydrogen) atoms. The summed E-state index contributed by atoms with van der Waals surface area (Å²) in [5.74, 6) is -1.68. The highest BCUT2D eigenvalue weighted by atomic mass is 19.3. The van der Waals surface area contributed by atoms with Crippen LogP contribution in [0, 0.1) is 17.0 Å². The number of nitrogens with zero attached hydrogens (tertiary/aromatic N) is 1. The van der Waals surface area contributed by atoms with Crippen molar-refractivity contribution in [2.75, 3.05) is 0 Å². The van der Waals surface area contributed by atoms with Crippen LogP contribution in [0.25, 0.3) is 5.70 Å². The van der Waals surface area contributed by atoms with Crippen molar-refractivity contribution < 1.29 is 22.3 Å². The summed E-state index contributed by atoms with van der Waals surface area (Å²) in [7, 11) is 0. The van der Waals surface area contributed by atoms with E-state index in [4.69, 9.17) is 11.1 Å². The number of rotatable bonds is 6. The number of alkyl halides is 2. The largest absolute Gasteiger partial charge is 0.435 e. The Morgan fingerprint density at radius 1 is 1.12 bits per heavy atom. The molecule has 2 aromatic rings. The molecule has 2 aliphatic heterocycles. The van der Waals surface area contributed by atoms with Crippen LogP contribution in [0.3, 0.4) is 0 Å². The number of hydrogen-bond donors (Lipinski definition) is 3. The predicted octanol–water partition coefficient (Wildman–Crippen LogP) is 4.46. The van der Waals surface area contributed by atoms with Crippen LogP contribution in [0.15, 0.2) is 84.4 Å². The first-order valence-corrected chi connectivity index (χ1v) is 9.54. The minimum atomic E-state index is -2.91. The molecule has 1 unspecified atom stereocenters. The Kier molecular flexibility index (Phi) is 5.72. The summed E-state index contributed by atoms with van der Waals surface area (Å²) in [5, 5.41) is 11.5. The van der Waals surface area contributed by atoms with E-state index >= 15 is 0 Å². The topological polar surface area (TPSA) is 74.4 Å². The molecule has 1 atom stereocenters. The molecule has 5 nitrogen and oxygen atoms in total. The Balaban J connectivity index is 1.62. The SMILES string of the molecule is N=C(/C(=C\N)C1=CN2C(c3ccc(OC(F)F)cc3)=CNC2C=C1)c1c(F)cccc1F. The third-order valence-electron chi connectivity index (χ3n) is 5.04. The number of benzene rings is 2. The zero-order valence-corrected chi connectivity index (χ0v) is 16.5. The van der Waals surface area contributed by atoms with Crippen LogP contribution in [0.4, 0.5) is 17.6 Å². The Bertz CT molecular complexity index is 1150. The molecule has 9 heteroatoms. The number of allylic oxidation sites excluding steroid dienone is 3. The van der Waals surface area contributed by atoms with Gasteiger partial charge in [0, 0.05) is 29.7 Å². The number of hydrogen-bond acceptors (Lipinski definition) is 5. The lowest BCUT2D eigenvalue weighted by Crippen LogP contribution is -2.33. The van der Waals surface area contributed by atoms with Gasteiger partial charge in [-0.1, -0.05) is 12.1 Å². The summed E-state index contributed by atoms with van der Waals surface area (Å²) in [6.07, 6.45) is 7.87. The Morgan fingerprint density at radius 2 is 1.81 bits per heavy atom. The molecule has 2 heterocycles. The lowest BCUT2D eigenvalue weighted by Gasteiger charge is -2.28. The second kappa shape index (κ2) is 8.62. The lowest BCUT2D eigenvalue weighted by atomic mass is 9.94. The molecular formula is C23H18F4N4O.